The van der Waals surface area contributed by atoms with Gasteiger partial charge in [-0.25, -0.2) is 0 Å². The SMILES string of the molecule is CCCCCCCCNC(=O)/C(C#N)=C/c1ccc(C)o1. The zero-order valence-corrected chi connectivity index (χ0v) is 12.9. The minimum absolute atomic E-state index is 0.0790. The Morgan fingerprint density at radius 1 is 1.29 bits per heavy atom. The summed E-state index contributed by atoms with van der Waals surface area (Å²) in [5, 5.41) is 11.8. The number of unbranched alkanes of at least 4 members (excludes halogenated alkanes) is 5. The number of carbonyl (C=O) groups excluding carboxylic acids is 1. The standard InChI is InChI=1S/C17H24N2O2/c1-3-4-5-6-7-8-11-19-17(20)15(13-18)12-16-10-9-14(2)21-16/h9-10,12H,3-8,11H2,1-2H3,(H,19,20)/b15-12+. The average Bonchev–Trinajstić information content (AvgIpc) is 2.89. The Labute approximate surface area is 126 Å². The van der Waals surface area contributed by atoms with Crippen LogP contribution in [0.5, 0.6) is 0 Å². The highest BCUT2D eigenvalue weighted by Gasteiger charge is 2.09. The summed E-state index contributed by atoms with van der Waals surface area (Å²) in [6.07, 6.45) is 8.51. The molecule has 114 valence electrons. The molecule has 1 heterocycles. The first kappa shape index (κ1) is 17.0. The molecule has 4 nitrogen and oxygen atoms in total. The van der Waals surface area contributed by atoms with Crippen LogP contribution in [-0.2, 0) is 4.79 Å². The lowest BCUT2D eigenvalue weighted by atomic mass is 10.1. The van der Waals surface area contributed by atoms with E-state index in [-0.39, 0.29) is 11.5 Å². The van der Waals surface area contributed by atoms with Gasteiger partial charge >= 0.3 is 0 Å². The molecule has 0 aliphatic rings. The second kappa shape index (κ2) is 9.82. The lowest BCUT2D eigenvalue weighted by Crippen LogP contribution is -2.25. The monoisotopic (exact) mass is 288 g/mol. The number of carbonyl (C=O) groups is 1. The van der Waals surface area contributed by atoms with Gasteiger partial charge in [0, 0.05) is 12.6 Å². The lowest BCUT2D eigenvalue weighted by molar-refractivity contribution is -0.117. The Hall–Kier alpha value is -2.02. The first-order valence-electron chi connectivity index (χ1n) is 7.63. The molecular weight excluding hydrogens is 264 g/mol. The van der Waals surface area contributed by atoms with Crippen LogP contribution in [-0.4, -0.2) is 12.5 Å². The fourth-order valence-electron chi connectivity index (χ4n) is 2.02. The van der Waals surface area contributed by atoms with E-state index < -0.39 is 0 Å². The average molecular weight is 288 g/mol. The van der Waals surface area contributed by atoms with Crippen molar-refractivity contribution >= 4 is 12.0 Å². The first-order chi connectivity index (χ1) is 10.2. The van der Waals surface area contributed by atoms with Crippen LogP contribution < -0.4 is 5.32 Å². The highest BCUT2D eigenvalue weighted by atomic mass is 16.3. The molecule has 1 N–H and O–H groups in total. The summed E-state index contributed by atoms with van der Waals surface area (Å²) >= 11 is 0. The van der Waals surface area contributed by atoms with Crippen molar-refractivity contribution in [2.45, 2.75) is 52.4 Å². The van der Waals surface area contributed by atoms with E-state index in [1.165, 1.54) is 31.8 Å². The van der Waals surface area contributed by atoms with Crippen molar-refractivity contribution in [2.24, 2.45) is 0 Å². The van der Waals surface area contributed by atoms with Gasteiger partial charge in [-0.2, -0.15) is 5.26 Å². The Bertz CT molecular complexity index is 509. The Kier molecular flexibility index (Phi) is 7.96. The van der Waals surface area contributed by atoms with Crippen LogP contribution in [0.1, 0.15) is 57.0 Å². The van der Waals surface area contributed by atoms with Crippen LogP contribution in [0.2, 0.25) is 0 Å². The first-order valence-corrected chi connectivity index (χ1v) is 7.63. The third-order valence-electron chi connectivity index (χ3n) is 3.23. The number of nitrogens with one attached hydrogen (secondary N) is 1. The van der Waals surface area contributed by atoms with Crippen molar-refractivity contribution in [3.8, 4) is 6.07 Å². The van der Waals surface area contributed by atoms with E-state index in [2.05, 4.69) is 12.2 Å². The molecule has 0 atom stereocenters. The molecule has 1 aromatic rings. The maximum atomic E-state index is 11.9. The minimum Gasteiger partial charge on any atom is -0.462 e. The third kappa shape index (κ3) is 6.80. The summed E-state index contributed by atoms with van der Waals surface area (Å²) in [6, 6.07) is 5.46. The van der Waals surface area contributed by atoms with Gasteiger partial charge in [0.1, 0.15) is 23.2 Å². The van der Waals surface area contributed by atoms with Gasteiger partial charge in [-0.05, 0) is 25.5 Å². The van der Waals surface area contributed by atoms with E-state index in [9.17, 15) is 4.79 Å². The number of hydrogen-bond acceptors (Lipinski definition) is 3. The molecule has 1 amide bonds. The minimum atomic E-state index is -0.333. The Morgan fingerprint density at radius 3 is 2.62 bits per heavy atom. The number of furan rings is 1. The number of aryl methyl sites for hydroxylation is 1. The van der Waals surface area contributed by atoms with Gasteiger partial charge in [-0.1, -0.05) is 39.0 Å². The largest absolute Gasteiger partial charge is 0.462 e. The highest BCUT2D eigenvalue weighted by molar-refractivity contribution is 6.01. The number of hydrogen-bond donors (Lipinski definition) is 1. The summed E-state index contributed by atoms with van der Waals surface area (Å²) in [6.45, 7) is 4.62. The van der Waals surface area contributed by atoms with Gasteiger partial charge in [-0.3, -0.25) is 4.79 Å². The zero-order chi connectivity index (χ0) is 15.5. The van der Waals surface area contributed by atoms with E-state index in [0.29, 0.717) is 12.3 Å². The second-order valence-corrected chi connectivity index (χ2v) is 5.14. The molecule has 4 heteroatoms. The Morgan fingerprint density at radius 2 is 2.00 bits per heavy atom. The summed E-state index contributed by atoms with van der Waals surface area (Å²) in [5.74, 6) is 0.949. The van der Waals surface area contributed by atoms with Crippen LogP contribution in [0.3, 0.4) is 0 Å². The van der Waals surface area contributed by atoms with Crippen molar-refractivity contribution in [3.05, 3.63) is 29.2 Å². The number of nitrogens with zero attached hydrogens (tertiary/aromatic N) is 1. The van der Waals surface area contributed by atoms with E-state index in [1.807, 2.05) is 13.0 Å². The molecule has 0 aromatic carbocycles. The van der Waals surface area contributed by atoms with E-state index in [0.717, 1.165) is 18.6 Å². The molecule has 0 unspecified atom stereocenters. The zero-order valence-electron chi connectivity index (χ0n) is 12.9. The predicted molar refractivity (Wildman–Crippen MR) is 83.4 cm³/mol. The molecule has 0 aliphatic heterocycles. The second-order valence-electron chi connectivity index (χ2n) is 5.14. The maximum absolute atomic E-state index is 11.9. The van der Waals surface area contributed by atoms with Gasteiger partial charge in [-0.15, -0.1) is 0 Å². The molecule has 1 rings (SSSR count). The van der Waals surface area contributed by atoms with Gasteiger partial charge < -0.3 is 9.73 Å². The van der Waals surface area contributed by atoms with Crippen molar-refractivity contribution < 1.29 is 9.21 Å². The van der Waals surface area contributed by atoms with Crippen LogP contribution in [0.15, 0.2) is 22.1 Å². The van der Waals surface area contributed by atoms with Crippen molar-refractivity contribution in [3.63, 3.8) is 0 Å². The number of nitriles is 1. The smallest absolute Gasteiger partial charge is 0.262 e. The summed E-state index contributed by atoms with van der Waals surface area (Å²) in [4.78, 5) is 11.9. The molecule has 0 spiro atoms. The summed E-state index contributed by atoms with van der Waals surface area (Å²) in [5.41, 5.74) is 0.0790. The Balaban J connectivity index is 2.32. The molecule has 0 saturated heterocycles. The lowest BCUT2D eigenvalue weighted by Gasteiger charge is -2.04. The maximum Gasteiger partial charge on any atom is 0.262 e. The molecule has 0 saturated carbocycles. The fourth-order valence-corrected chi connectivity index (χ4v) is 2.02. The molecule has 0 radical (unpaired) electrons. The molecule has 21 heavy (non-hydrogen) atoms. The van der Waals surface area contributed by atoms with Crippen molar-refractivity contribution in [1.82, 2.24) is 5.32 Å². The van der Waals surface area contributed by atoms with Gasteiger partial charge in [0.15, 0.2) is 0 Å². The van der Waals surface area contributed by atoms with Gasteiger partial charge in [0.05, 0.1) is 0 Å². The topological polar surface area (TPSA) is 66.0 Å². The summed E-state index contributed by atoms with van der Waals surface area (Å²) < 4.78 is 5.34. The number of amides is 1. The van der Waals surface area contributed by atoms with Crippen LogP contribution in [0, 0.1) is 18.3 Å². The highest BCUT2D eigenvalue weighted by Crippen LogP contribution is 2.11. The normalized spacial score (nSPS) is 11.2. The van der Waals surface area contributed by atoms with Crippen molar-refractivity contribution in [1.29, 1.82) is 5.26 Å². The fraction of sp³-hybridized carbons (Fsp3) is 0.529. The van der Waals surface area contributed by atoms with E-state index >= 15 is 0 Å². The van der Waals surface area contributed by atoms with Crippen LogP contribution >= 0.6 is 0 Å². The van der Waals surface area contributed by atoms with Gasteiger partial charge in [0.2, 0.25) is 0 Å². The quantitative estimate of drug-likeness (QED) is 0.425. The number of rotatable bonds is 9. The molecule has 0 bridgehead atoms. The van der Waals surface area contributed by atoms with E-state index in [1.54, 1.807) is 12.1 Å². The van der Waals surface area contributed by atoms with Crippen LogP contribution in [0.25, 0.3) is 6.08 Å². The van der Waals surface area contributed by atoms with Gasteiger partial charge in [0.25, 0.3) is 5.91 Å². The molecule has 1 aromatic heterocycles. The molecule has 0 fully saturated rings. The van der Waals surface area contributed by atoms with Crippen molar-refractivity contribution in [2.75, 3.05) is 6.54 Å². The van der Waals surface area contributed by atoms with E-state index in [4.69, 9.17) is 9.68 Å². The summed E-state index contributed by atoms with van der Waals surface area (Å²) in [7, 11) is 0. The third-order valence-corrected chi connectivity index (χ3v) is 3.23. The molecular formula is C17H24N2O2. The predicted octanol–water partition coefficient (Wildman–Crippen LogP) is 3.97. The molecule has 0 aliphatic carbocycles. The van der Waals surface area contributed by atoms with Crippen LogP contribution in [0.4, 0.5) is 0 Å².